The Bertz CT molecular complexity index is 2170. The second kappa shape index (κ2) is 16.1. The molecular formula is C41H49N9O5. The molecule has 2 aliphatic rings. The van der Waals surface area contributed by atoms with Crippen LogP contribution in [0.3, 0.4) is 0 Å². The van der Waals surface area contributed by atoms with E-state index in [1.54, 1.807) is 6.33 Å². The number of carbonyl (C=O) groups is 3. The minimum Gasteiger partial charge on any atom is -0.391 e. The Morgan fingerprint density at radius 1 is 1.07 bits per heavy atom. The molecule has 1 unspecified atom stereocenters. The average Bonchev–Trinajstić information content (AvgIpc) is 3.83. The number of unbranched alkanes of at least 4 members (excludes halogenated alkanes) is 1. The number of aliphatic hydroxyl groups is 1. The van der Waals surface area contributed by atoms with Crippen molar-refractivity contribution in [3.63, 3.8) is 0 Å². The average molecular weight is 748 g/mol. The molecule has 3 aromatic heterocycles. The molecule has 3 amide bonds. The van der Waals surface area contributed by atoms with E-state index in [4.69, 9.17) is 4.52 Å². The Kier molecular flexibility index (Phi) is 11.1. The highest BCUT2D eigenvalue weighted by Gasteiger charge is 2.30. The summed E-state index contributed by atoms with van der Waals surface area (Å²) >= 11 is 0. The lowest BCUT2D eigenvalue weighted by Crippen LogP contribution is -2.47. The third-order valence-corrected chi connectivity index (χ3v) is 10.6. The van der Waals surface area contributed by atoms with Crippen molar-refractivity contribution in [1.82, 2.24) is 40.3 Å². The van der Waals surface area contributed by atoms with Gasteiger partial charge in [-0.2, -0.15) is 10.1 Å². The molecule has 0 radical (unpaired) electrons. The number of rotatable bonds is 12. The van der Waals surface area contributed by atoms with Crippen LogP contribution in [0, 0.1) is 6.92 Å². The SMILES string of the molecule is Cc1cc(-c2ncnn3cc(CCCCN4CC[C@H](c5ccc(NC6CCC(=O)NC6=O)cc5)[C@H](O)C4)cc23)ccc1CNC(=O)c1noc(C(C)(C)C)n1. The summed E-state index contributed by atoms with van der Waals surface area (Å²) in [6.45, 7) is 10.7. The summed E-state index contributed by atoms with van der Waals surface area (Å²) in [7, 11) is 0. The molecule has 2 aliphatic heterocycles. The predicted molar refractivity (Wildman–Crippen MR) is 206 cm³/mol. The normalized spacial score (nSPS) is 19.4. The predicted octanol–water partition coefficient (Wildman–Crippen LogP) is 4.71. The van der Waals surface area contributed by atoms with Crippen LogP contribution < -0.4 is 16.0 Å². The minimum atomic E-state index is -0.452. The number of imide groups is 1. The number of aromatic nitrogens is 5. The van der Waals surface area contributed by atoms with Crippen molar-refractivity contribution in [3.05, 3.63) is 95.0 Å². The van der Waals surface area contributed by atoms with Crippen molar-refractivity contribution in [2.75, 3.05) is 25.0 Å². The molecule has 2 aromatic carbocycles. The highest BCUT2D eigenvalue weighted by Crippen LogP contribution is 2.31. The minimum absolute atomic E-state index is 0.0224. The van der Waals surface area contributed by atoms with E-state index in [-0.39, 0.29) is 34.9 Å². The van der Waals surface area contributed by atoms with Crippen LogP contribution in [0.2, 0.25) is 0 Å². The van der Waals surface area contributed by atoms with Crippen molar-refractivity contribution in [2.45, 2.75) is 96.2 Å². The van der Waals surface area contributed by atoms with E-state index in [1.807, 2.05) is 68.6 Å². The van der Waals surface area contributed by atoms with Crippen LogP contribution >= 0.6 is 0 Å². The topological polar surface area (TPSA) is 180 Å². The molecule has 5 heterocycles. The van der Waals surface area contributed by atoms with E-state index < -0.39 is 12.1 Å². The van der Waals surface area contributed by atoms with Gasteiger partial charge < -0.3 is 25.2 Å². The van der Waals surface area contributed by atoms with Crippen molar-refractivity contribution >= 4 is 28.9 Å². The van der Waals surface area contributed by atoms with Crippen LogP contribution in [-0.2, 0) is 28.0 Å². The van der Waals surface area contributed by atoms with Gasteiger partial charge >= 0.3 is 0 Å². The summed E-state index contributed by atoms with van der Waals surface area (Å²) in [4.78, 5) is 47.5. The lowest BCUT2D eigenvalue weighted by atomic mass is 9.87. The van der Waals surface area contributed by atoms with Crippen molar-refractivity contribution in [2.24, 2.45) is 0 Å². The number of fused-ring (bicyclic) bond motifs is 1. The highest BCUT2D eigenvalue weighted by atomic mass is 16.5. The first kappa shape index (κ1) is 37.8. The number of hydrogen-bond donors (Lipinski definition) is 4. The lowest BCUT2D eigenvalue weighted by Gasteiger charge is -2.36. The first-order chi connectivity index (χ1) is 26.4. The van der Waals surface area contributed by atoms with Gasteiger partial charge in [-0.1, -0.05) is 50.2 Å². The fraction of sp³-hybridized carbons (Fsp3) is 0.439. The molecule has 14 nitrogen and oxygen atoms in total. The van der Waals surface area contributed by atoms with Crippen molar-refractivity contribution in [1.29, 1.82) is 0 Å². The number of anilines is 1. The maximum Gasteiger partial charge on any atom is 0.292 e. The van der Waals surface area contributed by atoms with E-state index >= 15 is 0 Å². The zero-order valence-electron chi connectivity index (χ0n) is 31.8. The summed E-state index contributed by atoms with van der Waals surface area (Å²) in [5.41, 5.74) is 7.54. The monoisotopic (exact) mass is 747 g/mol. The van der Waals surface area contributed by atoms with E-state index in [0.29, 0.717) is 31.8 Å². The van der Waals surface area contributed by atoms with Gasteiger partial charge in [-0.15, -0.1) is 0 Å². The fourth-order valence-electron chi connectivity index (χ4n) is 7.37. The number of likely N-dealkylation sites (tertiary alicyclic amines) is 1. The zero-order valence-corrected chi connectivity index (χ0v) is 31.8. The van der Waals surface area contributed by atoms with Crippen LogP contribution in [-0.4, -0.2) is 84.2 Å². The number of piperidine rings is 2. The molecule has 0 saturated carbocycles. The molecule has 7 rings (SSSR count). The summed E-state index contributed by atoms with van der Waals surface area (Å²) in [6.07, 6.45) is 7.83. The summed E-state index contributed by atoms with van der Waals surface area (Å²) in [5.74, 6) is -0.397. The molecule has 5 aromatic rings. The number of aliphatic hydroxyl groups excluding tert-OH is 1. The molecule has 55 heavy (non-hydrogen) atoms. The second-order valence-corrected chi connectivity index (χ2v) is 15.8. The Morgan fingerprint density at radius 3 is 2.62 bits per heavy atom. The second-order valence-electron chi connectivity index (χ2n) is 15.8. The molecule has 288 valence electrons. The van der Waals surface area contributed by atoms with Gasteiger partial charge in [0.1, 0.15) is 12.4 Å². The molecule has 4 N–H and O–H groups in total. The number of nitrogens with one attached hydrogen (secondary N) is 3. The fourth-order valence-corrected chi connectivity index (χ4v) is 7.37. The third-order valence-electron chi connectivity index (χ3n) is 10.6. The van der Waals surface area contributed by atoms with E-state index in [1.165, 1.54) is 5.56 Å². The maximum absolute atomic E-state index is 12.7. The zero-order chi connectivity index (χ0) is 38.7. The van der Waals surface area contributed by atoms with E-state index in [0.717, 1.165) is 77.9 Å². The number of nitrogens with zero attached hydrogens (tertiary/aromatic N) is 6. The van der Waals surface area contributed by atoms with Crippen LogP contribution in [0.15, 0.2) is 65.6 Å². The Hall–Kier alpha value is -5.47. The molecule has 0 spiro atoms. The first-order valence-electron chi connectivity index (χ1n) is 19.1. The van der Waals surface area contributed by atoms with Gasteiger partial charge in [0.25, 0.3) is 11.7 Å². The number of amides is 3. The van der Waals surface area contributed by atoms with Gasteiger partial charge in [-0.3, -0.25) is 19.7 Å². The molecule has 3 atom stereocenters. The highest BCUT2D eigenvalue weighted by molar-refractivity contribution is 6.01. The molecular weight excluding hydrogens is 699 g/mol. The third kappa shape index (κ3) is 8.92. The number of hydrogen-bond acceptors (Lipinski definition) is 11. The lowest BCUT2D eigenvalue weighted by molar-refractivity contribution is -0.133. The molecule has 2 saturated heterocycles. The molecule has 0 aliphatic carbocycles. The van der Waals surface area contributed by atoms with Gasteiger partial charge in [0, 0.05) is 48.3 Å². The summed E-state index contributed by atoms with van der Waals surface area (Å²) in [5, 5.41) is 27.9. The number of β-amino-alcohol motifs (C(OH)–C–C–N with tert-alkyl or cyclic N) is 1. The van der Waals surface area contributed by atoms with Crippen molar-refractivity contribution < 1.29 is 24.0 Å². The number of benzene rings is 2. The van der Waals surface area contributed by atoms with Crippen LogP contribution in [0.4, 0.5) is 5.69 Å². The maximum atomic E-state index is 12.7. The van der Waals surface area contributed by atoms with Crippen LogP contribution in [0.5, 0.6) is 0 Å². The smallest absolute Gasteiger partial charge is 0.292 e. The van der Waals surface area contributed by atoms with Gasteiger partial charge in [-0.25, -0.2) is 9.50 Å². The molecule has 0 bridgehead atoms. The Morgan fingerprint density at radius 2 is 1.89 bits per heavy atom. The van der Waals surface area contributed by atoms with Gasteiger partial charge in [0.05, 0.1) is 17.3 Å². The van der Waals surface area contributed by atoms with E-state index in [2.05, 4.69) is 59.4 Å². The molecule has 14 heteroatoms. The van der Waals surface area contributed by atoms with Crippen LogP contribution in [0.25, 0.3) is 16.8 Å². The summed E-state index contributed by atoms with van der Waals surface area (Å²) < 4.78 is 7.15. The number of carbonyl (C=O) groups excluding carboxylic acids is 3. The van der Waals surface area contributed by atoms with Crippen LogP contribution in [0.1, 0.15) is 97.6 Å². The van der Waals surface area contributed by atoms with Gasteiger partial charge in [-0.05, 0) is 98.6 Å². The molecule has 2 fully saturated rings. The number of aryl methyl sites for hydroxylation is 2. The van der Waals surface area contributed by atoms with E-state index in [9.17, 15) is 19.5 Å². The standard InChI is InChI=1S/C41H49N9O5/c1-25-19-28(8-9-29(25)21-42-39(54)37-47-40(55-48-37)41(2,3)4)36-33-20-26(22-50(33)44-24-43-36)7-5-6-17-49-18-16-31(34(51)23-49)27-10-12-30(13-11-27)45-32-14-15-35(52)46-38(32)53/h8-13,19-20,22,24,31-32,34,45,51H,5-7,14-18,21,23H2,1-4H3,(H,42,54)(H,46,52,53)/t31-,32?,34-/m1/s1. The Balaban J connectivity index is 0.878. The largest absolute Gasteiger partial charge is 0.391 e. The first-order valence-corrected chi connectivity index (χ1v) is 19.1. The quantitative estimate of drug-likeness (QED) is 0.103. The Labute approximate surface area is 320 Å². The summed E-state index contributed by atoms with van der Waals surface area (Å²) in [6, 6.07) is 15.8. The van der Waals surface area contributed by atoms with Crippen molar-refractivity contribution in [3.8, 4) is 11.3 Å². The van der Waals surface area contributed by atoms with Gasteiger partial charge in [0.2, 0.25) is 17.7 Å². The van der Waals surface area contributed by atoms with Gasteiger partial charge in [0.15, 0.2) is 0 Å².